The highest BCUT2D eigenvalue weighted by molar-refractivity contribution is 7.82. The van der Waals surface area contributed by atoms with Gasteiger partial charge in [0.25, 0.3) is 0 Å². The molecule has 6 aromatic carbocycles. The van der Waals surface area contributed by atoms with E-state index in [2.05, 4.69) is 0 Å². The van der Waals surface area contributed by atoms with Gasteiger partial charge in [-0.25, -0.2) is 0 Å². The fourth-order valence-electron chi connectivity index (χ4n) is 4.41. The van der Waals surface area contributed by atoms with Crippen LogP contribution in [0.3, 0.4) is 0 Å². The van der Waals surface area contributed by atoms with Gasteiger partial charge in [0.15, 0.2) is 11.5 Å². The molecule has 0 heterocycles. The number of hydrogen-bond donors (Lipinski definition) is 0. The molecule has 0 fully saturated rings. The Bertz CT molecular complexity index is 1660. The lowest BCUT2D eigenvalue weighted by atomic mass is 10.0. The Balaban J connectivity index is 1.47. The summed E-state index contributed by atoms with van der Waals surface area (Å²) in [6.45, 7) is 0. The number of fused-ring (bicyclic) bond motifs is 6. The van der Waals surface area contributed by atoms with Gasteiger partial charge < -0.3 is 8.37 Å². The molecule has 6 rings (SSSR count). The van der Waals surface area contributed by atoms with E-state index < -0.39 is 10.4 Å². The average molecular weight is 451 g/mol. The minimum absolute atomic E-state index is 0.231. The van der Waals surface area contributed by atoms with Crippen molar-refractivity contribution in [3.8, 4) is 11.5 Å². The average Bonchev–Trinajstić information content (AvgIpc) is 2.84. The minimum Gasteiger partial charge on any atom is -0.352 e. The molecule has 160 valence electrons. The minimum atomic E-state index is -4.41. The molecule has 0 N–H and O–H groups in total. The van der Waals surface area contributed by atoms with Crippen molar-refractivity contribution in [2.75, 3.05) is 0 Å². The Morgan fingerprint density at radius 3 is 1.18 bits per heavy atom. The van der Waals surface area contributed by atoms with Crippen LogP contribution in [0.15, 0.2) is 109 Å². The quantitative estimate of drug-likeness (QED) is 0.271. The molecule has 0 aromatic heterocycles. The predicted molar refractivity (Wildman–Crippen MR) is 133 cm³/mol. The highest BCUT2D eigenvalue weighted by Crippen LogP contribution is 2.36. The van der Waals surface area contributed by atoms with E-state index in [9.17, 15) is 8.42 Å². The second kappa shape index (κ2) is 7.50. The summed E-state index contributed by atoms with van der Waals surface area (Å²) in [4.78, 5) is 0. The van der Waals surface area contributed by atoms with Gasteiger partial charge in [0.1, 0.15) is 0 Å². The van der Waals surface area contributed by atoms with Gasteiger partial charge in [-0.15, -0.1) is 8.42 Å². The van der Waals surface area contributed by atoms with E-state index in [0.717, 1.165) is 32.3 Å². The van der Waals surface area contributed by atoms with Crippen molar-refractivity contribution < 1.29 is 16.8 Å². The van der Waals surface area contributed by atoms with E-state index in [1.54, 1.807) is 12.1 Å². The van der Waals surface area contributed by atoms with Crippen LogP contribution in [0.2, 0.25) is 0 Å². The molecule has 0 radical (unpaired) electrons. The first-order chi connectivity index (χ1) is 16.1. The Labute approximate surface area is 190 Å². The Morgan fingerprint density at radius 2 is 0.758 bits per heavy atom. The van der Waals surface area contributed by atoms with E-state index >= 15 is 0 Å². The highest BCUT2D eigenvalue weighted by Gasteiger charge is 2.21. The molecule has 0 atom stereocenters. The fourth-order valence-corrected chi connectivity index (χ4v) is 5.16. The molecular formula is C28H18O4S. The van der Waals surface area contributed by atoms with Crippen molar-refractivity contribution in [3.05, 3.63) is 109 Å². The van der Waals surface area contributed by atoms with Crippen LogP contribution in [0.1, 0.15) is 0 Å². The van der Waals surface area contributed by atoms with Crippen LogP contribution in [0.5, 0.6) is 11.5 Å². The van der Waals surface area contributed by atoms with Gasteiger partial charge in [-0.05, 0) is 44.5 Å². The summed E-state index contributed by atoms with van der Waals surface area (Å²) in [5, 5.41) is 7.06. The molecule has 0 saturated heterocycles. The van der Waals surface area contributed by atoms with E-state index in [1.165, 1.54) is 0 Å². The SMILES string of the molecule is O=S(=O)(Oc1cc2ccccc2c2ccccc12)Oc1cc2ccccc2c2ccccc12. The first-order valence-corrected chi connectivity index (χ1v) is 11.9. The smallest absolute Gasteiger partial charge is 0.352 e. The van der Waals surface area contributed by atoms with E-state index in [-0.39, 0.29) is 11.5 Å². The zero-order valence-electron chi connectivity index (χ0n) is 17.4. The second-order valence-corrected chi connectivity index (χ2v) is 9.01. The van der Waals surface area contributed by atoms with Gasteiger partial charge in [0, 0.05) is 10.8 Å². The van der Waals surface area contributed by atoms with Crippen molar-refractivity contribution in [2.45, 2.75) is 0 Å². The van der Waals surface area contributed by atoms with E-state index in [1.807, 2.05) is 97.1 Å². The topological polar surface area (TPSA) is 52.6 Å². The van der Waals surface area contributed by atoms with E-state index in [4.69, 9.17) is 8.37 Å². The molecular weight excluding hydrogens is 432 g/mol. The normalized spacial score (nSPS) is 11.9. The van der Waals surface area contributed by atoms with Crippen LogP contribution < -0.4 is 8.37 Å². The van der Waals surface area contributed by atoms with Crippen LogP contribution in [0.25, 0.3) is 43.1 Å². The standard InChI is InChI=1S/C28H18O4S/c29-33(30,31-27-17-19-9-1-3-11-21(19)23-13-5-7-15-25(23)27)32-28-18-20-10-2-4-12-22(20)24-14-6-8-16-26(24)28/h1-18H. The number of hydrogen-bond acceptors (Lipinski definition) is 4. The maximum Gasteiger partial charge on any atom is 0.501 e. The lowest BCUT2D eigenvalue weighted by Gasteiger charge is -2.14. The highest BCUT2D eigenvalue weighted by atomic mass is 32.3. The zero-order chi connectivity index (χ0) is 22.4. The van der Waals surface area contributed by atoms with Gasteiger partial charge in [0.05, 0.1) is 0 Å². The molecule has 0 saturated carbocycles. The van der Waals surface area contributed by atoms with Crippen LogP contribution in [-0.4, -0.2) is 8.42 Å². The Morgan fingerprint density at radius 1 is 0.424 bits per heavy atom. The summed E-state index contributed by atoms with van der Waals surface area (Å²) in [6.07, 6.45) is 0. The maximum atomic E-state index is 13.1. The number of benzene rings is 6. The molecule has 0 unspecified atom stereocenters. The summed E-state index contributed by atoms with van der Waals surface area (Å²) in [6, 6.07) is 34.2. The first kappa shape index (κ1) is 19.6. The zero-order valence-corrected chi connectivity index (χ0v) is 18.3. The van der Waals surface area contributed by atoms with Crippen LogP contribution in [-0.2, 0) is 10.4 Å². The Hall–Kier alpha value is -4.09. The van der Waals surface area contributed by atoms with Gasteiger partial charge in [-0.2, -0.15) is 0 Å². The summed E-state index contributed by atoms with van der Waals surface area (Å²) < 4.78 is 37.2. The summed E-state index contributed by atoms with van der Waals surface area (Å²) in [5.41, 5.74) is 0. The molecule has 0 bridgehead atoms. The molecule has 5 heteroatoms. The summed E-state index contributed by atoms with van der Waals surface area (Å²) >= 11 is 0. The molecule has 0 aliphatic rings. The third kappa shape index (κ3) is 3.43. The van der Waals surface area contributed by atoms with Gasteiger partial charge in [0.2, 0.25) is 0 Å². The van der Waals surface area contributed by atoms with E-state index in [0.29, 0.717) is 10.8 Å². The maximum absolute atomic E-state index is 13.1. The molecule has 0 aliphatic heterocycles. The van der Waals surface area contributed by atoms with Crippen molar-refractivity contribution in [1.82, 2.24) is 0 Å². The molecule has 6 aromatic rings. The number of rotatable bonds is 4. The largest absolute Gasteiger partial charge is 0.501 e. The van der Waals surface area contributed by atoms with Gasteiger partial charge in [-0.3, -0.25) is 0 Å². The third-order valence-electron chi connectivity index (χ3n) is 5.84. The van der Waals surface area contributed by atoms with Crippen molar-refractivity contribution in [1.29, 1.82) is 0 Å². The monoisotopic (exact) mass is 450 g/mol. The molecule has 0 spiro atoms. The van der Waals surface area contributed by atoms with Gasteiger partial charge in [-0.1, -0.05) is 97.1 Å². The molecule has 33 heavy (non-hydrogen) atoms. The molecule has 0 aliphatic carbocycles. The molecule has 0 amide bonds. The second-order valence-electron chi connectivity index (χ2n) is 7.86. The lowest BCUT2D eigenvalue weighted by Crippen LogP contribution is -2.17. The van der Waals surface area contributed by atoms with Crippen molar-refractivity contribution >= 4 is 53.5 Å². The third-order valence-corrected chi connectivity index (χ3v) is 6.61. The Kier molecular flexibility index (Phi) is 4.45. The summed E-state index contributed by atoms with van der Waals surface area (Å²) in [7, 11) is -4.41. The van der Waals surface area contributed by atoms with Crippen molar-refractivity contribution in [2.24, 2.45) is 0 Å². The predicted octanol–water partition coefficient (Wildman–Crippen LogP) is 7.00. The van der Waals surface area contributed by atoms with Crippen LogP contribution in [0.4, 0.5) is 0 Å². The summed E-state index contributed by atoms with van der Waals surface area (Å²) in [5.74, 6) is 0.462. The fraction of sp³-hybridized carbons (Fsp3) is 0. The first-order valence-electron chi connectivity index (χ1n) is 10.5. The van der Waals surface area contributed by atoms with Crippen LogP contribution in [0, 0.1) is 0 Å². The van der Waals surface area contributed by atoms with Crippen molar-refractivity contribution in [3.63, 3.8) is 0 Å². The van der Waals surface area contributed by atoms with Crippen LogP contribution >= 0.6 is 0 Å². The molecule has 4 nitrogen and oxygen atoms in total. The lowest BCUT2D eigenvalue weighted by molar-refractivity contribution is 0.396. The van der Waals surface area contributed by atoms with Gasteiger partial charge >= 0.3 is 10.4 Å².